The highest BCUT2D eigenvalue weighted by atomic mass is 32.1. The molecule has 39 heavy (non-hydrogen) atoms. The van der Waals surface area contributed by atoms with Crippen molar-refractivity contribution >= 4 is 39.2 Å². The maximum absolute atomic E-state index is 13.3. The van der Waals surface area contributed by atoms with E-state index in [-0.39, 0.29) is 28.7 Å². The lowest BCUT2D eigenvalue weighted by atomic mass is 9.86. The Balaban J connectivity index is 1.76. The van der Waals surface area contributed by atoms with Crippen molar-refractivity contribution in [1.82, 2.24) is 0 Å². The average Bonchev–Trinajstić information content (AvgIpc) is 3.22. The molecule has 0 aliphatic rings. The number of amides is 1. The van der Waals surface area contributed by atoms with Crippen molar-refractivity contribution in [3.8, 4) is 16.9 Å². The molecule has 204 valence electrons. The van der Waals surface area contributed by atoms with Crippen molar-refractivity contribution in [3.05, 3.63) is 80.5 Å². The third-order valence-corrected chi connectivity index (χ3v) is 7.28. The maximum Gasteiger partial charge on any atom is 0.349 e. The minimum atomic E-state index is -0.798. The number of rotatable bonds is 8. The summed E-state index contributed by atoms with van der Waals surface area (Å²) >= 11 is 1.26. The van der Waals surface area contributed by atoms with Crippen LogP contribution in [0, 0.1) is 6.92 Å². The third kappa shape index (κ3) is 5.91. The lowest BCUT2D eigenvalue weighted by Gasteiger charge is -2.19. The molecule has 1 amide bonds. The molecule has 4 rings (SSSR count). The van der Waals surface area contributed by atoms with Crippen LogP contribution >= 0.6 is 11.3 Å². The van der Waals surface area contributed by atoms with Gasteiger partial charge in [0, 0.05) is 15.8 Å². The van der Waals surface area contributed by atoms with E-state index in [1.807, 2.05) is 45.0 Å². The van der Waals surface area contributed by atoms with Gasteiger partial charge in [-0.15, -0.1) is 11.3 Å². The number of nitrogens with one attached hydrogen (secondary N) is 1. The van der Waals surface area contributed by atoms with Crippen LogP contribution in [0.4, 0.5) is 5.00 Å². The van der Waals surface area contributed by atoms with Crippen LogP contribution in [0.25, 0.3) is 22.1 Å². The summed E-state index contributed by atoms with van der Waals surface area (Å²) in [5.41, 5.74) is 2.26. The molecule has 0 radical (unpaired) electrons. The van der Waals surface area contributed by atoms with Crippen LogP contribution in [0.15, 0.2) is 57.7 Å². The van der Waals surface area contributed by atoms with Gasteiger partial charge in [0.05, 0.1) is 13.2 Å². The van der Waals surface area contributed by atoms with Crippen LogP contribution in [0.1, 0.15) is 72.2 Å². The molecule has 2 aromatic carbocycles. The third-order valence-electron chi connectivity index (χ3n) is 6.26. The molecule has 0 unspecified atom stereocenters. The van der Waals surface area contributed by atoms with Gasteiger partial charge in [0.15, 0.2) is 11.3 Å². The molecule has 1 N–H and O–H groups in total. The standard InChI is InChI=1S/C31H33NO6S/c1-7-16-37-30(35)25-24(19-12-14-21(15-13-19)31(4,5)6)18(3)39-28(25)32-27(33)22-17-20-10-9-11-23(36-8-2)26(20)38-29(22)34/h9-15,17H,7-8,16H2,1-6H3,(H,32,33). The number of hydrogen-bond donors (Lipinski definition) is 1. The Labute approximate surface area is 231 Å². The molecule has 0 fully saturated rings. The molecule has 4 aromatic rings. The van der Waals surface area contributed by atoms with Gasteiger partial charge in [-0.25, -0.2) is 9.59 Å². The zero-order valence-electron chi connectivity index (χ0n) is 23.1. The van der Waals surface area contributed by atoms with Gasteiger partial charge in [0.25, 0.3) is 5.91 Å². The highest BCUT2D eigenvalue weighted by Gasteiger charge is 2.27. The lowest BCUT2D eigenvalue weighted by molar-refractivity contribution is 0.0507. The van der Waals surface area contributed by atoms with Crippen LogP contribution in [0.2, 0.25) is 0 Å². The van der Waals surface area contributed by atoms with E-state index in [0.29, 0.717) is 34.7 Å². The van der Waals surface area contributed by atoms with Crippen molar-refractivity contribution in [1.29, 1.82) is 0 Å². The molecule has 0 bridgehead atoms. The summed E-state index contributed by atoms with van der Waals surface area (Å²) in [6.45, 7) is 12.7. The molecule has 7 nitrogen and oxygen atoms in total. The number of carbonyl (C=O) groups is 2. The number of ether oxygens (including phenoxy) is 2. The maximum atomic E-state index is 13.3. The monoisotopic (exact) mass is 547 g/mol. The fourth-order valence-electron chi connectivity index (χ4n) is 4.29. The van der Waals surface area contributed by atoms with E-state index in [9.17, 15) is 14.4 Å². The van der Waals surface area contributed by atoms with E-state index >= 15 is 0 Å². The van der Waals surface area contributed by atoms with E-state index in [0.717, 1.165) is 10.4 Å². The molecule has 2 heterocycles. The zero-order chi connectivity index (χ0) is 28.3. The van der Waals surface area contributed by atoms with E-state index in [1.54, 1.807) is 18.2 Å². The van der Waals surface area contributed by atoms with Gasteiger partial charge >= 0.3 is 11.6 Å². The number of benzene rings is 2. The Morgan fingerprint density at radius 2 is 1.77 bits per heavy atom. The Bertz CT molecular complexity index is 1570. The van der Waals surface area contributed by atoms with Crippen LogP contribution in [0.3, 0.4) is 0 Å². The Hall–Kier alpha value is -3.91. The summed E-state index contributed by atoms with van der Waals surface area (Å²) in [5, 5.41) is 3.65. The van der Waals surface area contributed by atoms with Crippen molar-refractivity contribution < 1.29 is 23.5 Å². The first-order valence-electron chi connectivity index (χ1n) is 13.0. The molecule has 0 spiro atoms. The minimum Gasteiger partial charge on any atom is -0.490 e. The molecule has 8 heteroatoms. The number of carbonyl (C=O) groups excluding carboxylic acids is 2. The molecule has 0 saturated carbocycles. The smallest absolute Gasteiger partial charge is 0.349 e. The summed E-state index contributed by atoms with van der Waals surface area (Å²) in [5.74, 6) is -0.776. The number of anilines is 1. The predicted octanol–water partition coefficient (Wildman–Crippen LogP) is 7.35. The number of hydrogen-bond acceptors (Lipinski definition) is 7. The normalized spacial score (nSPS) is 11.4. The molecule has 0 saturated heterocycles. The second kappa shape index (κ2) is 11.5. The summed E-state index contributed by atoms with van der Waals surface area (Å²) in [4.78, 5) is 40.3. The predicted molar refractivity (Wildman–Crippen MR) is 155 cm³/mol. The number of esters is 1. The Kier molecular flexibility index (Phi) is 8.25. The highest BCUT2D eigenvalue weighted by Crippen LogP contribution is 2.41. The van der Waals surface area contributed by atoms with Crippen molar-refractivity contribution in [2.75, 3.05) is 18.5 Å². The van der Waals surface area contributed by atoms with E-state index in [2.05, 4.69) is 26.1 Å². The van der Waals surface area contributed by atoms with Gasteiger partial charge in [-0.2, -0.15) is 0 Å². The first kappa shape index (κ1) is 28.1. The quantitative estimate of drug-likeness (QED) is 0.183. The van der Waals surface area contributed by atoms with Crippen molar-refractivity contribution in [2.24, 2.45) is 0 Å². The zero-order valence-corrected chi connectivity index (χ0v) is 23.9. The van der Waals surface area contributed by atoms with Gasteiger partial charge < -0.3 is 19.2 Å². The molecule has 0 aliphatic carbocycles. The van der Waals surface area contributed by atoms with Crippen LogP contribution in [-0.4, -0.2) is 25.1 Å². The second-order valence-electron chi connectivity index (χ2n) is 10.2. The van der Waals surface area contributed by atoms with E-state index in [1.165, 1.54) is 23.0 Å². The van der Waals surface area contributed by atoms with Crippen molar-refractivity contribution in [3.63, 3.8) is 0 Å². The fourth-order valence-corrected chi connectivity index (χ4v) is 5.35. The van der Waals surface area contributed by atoms with Gasteiger partial charge in [-0.3, -0.25) is 4.79 Å². The van der Waals surface area contributed by atoms with Gasteiger partial charge in [-0.05, 0) is 48.9 Å². The molecular formula is C31H33NO6S. The second-order valence-corrected chi connectivity index (χ2v) is 11.4. The average molecular weight is 548 g/mol. The van der Waals surface area contributed by atoms with Crippen LogP contribution in [0.5, 0.6) is 5.75 Å². The highest BCUT2D eigenvalue weighted by molar-refractivity contribution is 7.17. The minimum absolute atomic E-state index is 0.0192. The largest absolute Gasteiger partial charge is 0.490 e. The molecular weight excluding hydrogens is 514 g/mol. The summed E-state index contributed by atoms with van der Waals surface area (Å²) in [6.07, 6.45) is 0.661. The van der Waals surface area contributed by atoms with Gasteiger partial charge in [0.1, 0.15) is 16.1 Å². The summed E-state index contributed by atoms with van der Waals surface area (Å²) < 4.78 is 16.5. The molecule has 2 aromatic heterocycles. The van der Waals surface area contributed by atoms with Crippen LogP contribution < -0.4 is 15.7 Å². The SMILES string of the molecule is CCCOC(=O)c1c(NC(=O)c2cc3cccc(OCC)c3oc2=O)sc(C)c1-c1ccc(C(C)(C)C)cc1. The van der Waals surface area contributed by atoms with Crippen LogP contribution in [-0.2, 0) is 10.2 Å². The number of fused-ring (bicyclic) bond motifs is 1. The Morgan fingerprint density at radius 1 is 1.05 bits per heavy atom. The number of aryl methyl sites for hydroxylation is 1. The number of para-hydroxylation sites is 1. The first-order valence-corrected chi connectivity index (χ1v) is 13.8. The molecule has 0 atom stereocenters. The fraction of sp³-hybridized carbons (Fsp3) is 0.323. The molecule has 0 aliphatic heterocycles. The lowest BCUT2D eigenvalue weighted by Crippen LogP contribution is -2.21. The summed E-state index contributed by atoms with van der Waals surface area (Å²) in [7, 11) is 0. The Morgan fingerprint density at radius 3 is 2.41 bits per heavy atom. The van der Waals surface area contributed by atoms with E-state index < -0.39 is 17.5 Å². The van der Waals surface area contributed by atoms with E-state index in [4.69, 9.17) is 13.9 Å². The topological polar surface area (TPSA) is 94.8 Å². The summed E-state index contributed by atoms with van der Waals surface area (Å²) in [6, 6.07) is 14.7. The first-order chi connectivity index (χ1) is 18.5. The van der Waals surface area contributed by atoms with Gasteiger partial charge in [-0.1, -0.05) is 64.1 Å². The number of thiophene rings is 1. The van der Waals surface area contributed by atoms with Crippen molar-refractivity contribution in [2.45, 2.75) is 53.4 Å². The van der Waals surface area contributed by atoms with Gasteiger partial charge in [0.2, 0.25) is 0 Å².